The third-order valence-corrected chi connectivity index (χ3v) is 2.65. The molecular weight excluding hydrogens is 269 g/mol. The molecule has 0 atom stereocenters. The van der Waals surface area contributed by atoms with Crippen LogP contribution in [0.1, 0.15) is 11.3 Å². The number of nitrogens with one attached hydrogen (secondary N) is 1. The van der Waals surface area contributed by atoms with E-state index in [1.807, 2.05) is 0 Å². The lowest BCUT2D eigenvalue weighted by molar-refractivity contribution is -0.115. The number of hydrogen-bond donors (Lipinski definition) is 1. The minimum absolute atomic E-state index is 0.202. The molecular formula is C14H11F3N2O. The molecule has 1 amide bonds. The van der Waals surface area contributed by atoms with E-state index in [0.717, 1.165) is 12.1 Å². The van der Waals surface area contributed by atoms with Crippen LogP contribution in [0.25, 0.3) is 0 Å². The Bertz CT molecular complexity index is 659. The van der Waals surface area contributed by atoms with Crippen LogP contribution in [0.2, 0.25) is 0 Å². The Balaban J connectivity index is 2.11. The van der Waals surface area contributed by atoms with Gasteiger partial charge in [0.1, 0.15) is 0 Å². The first-order valence-electron chi connectivity index (χ1n) is 5.82. The maximum atomic E-state index is 13.4. The van der Waals surface area contributed by atoms with E-state index < -0.39 is 23.4 Å². The molecule has 1 aromatic carbocycles. The fourth-order valence-corrected chi connectivity index (χ4v) is 1.70. The standard InChI is InChI=1S/C14H11F3N2O/c1-8-6-10(4-5-18-8)19-12(20)7-9-2-3-11(15)14(17)13(9)16/h2-6H,7H2,1H3,(H,18,19,20). The van der Waals surface area contributed by atoms with Gasteiger partial charge in [0, 0.05) is 23.1 Å². The zero-order valence-corrected chi connectivity index (χ0v) is 10.6. The Kier molecular flexibility index (Phi) is 4.02. The number of anilines is 1. The number of carbonyl (C=O) groups is 1. The Morgan fingerprint density at radius 2 is 1.95 bits per heavy atom. The van der Waals surface area contributed by atoms with Crippen LogP contribution in [0.4, 0.5) is 18.9 Å². The maximum Gasteiger partial charge on any atom is 0.228 e. The molecule has 1 heterocycles. The van der Waals surface area contributed by atoms with Crippen LogP contribution in [0.5, 0.6) is 0 Å². The molecule has 0 spiro atoms. The van der Waals surface area contributed by atoms with Crippen molar-refractivity contribution in [1.82, 2.24) is 4.98 Å². The van der Waals surface area contributed by atoms with Gasteiger partial charge < -0.3 is 5.32 Å². The van der Waals surface area contributed by atoms with Crippen molar-refractivity contribution in [2.45, 2.75) is 13.3 Å². The van der Waals surface area contributed by atoms with Crippen molar-refractivity contribution < 1.29 is 18.0 Å². The molecule has 1 N–H and O–H groups in total. The van der Waals surface area contributed by atoms with Crippen LogP contribution >= 0.6 is 0 Å². The number of aryl methyl sites for hydroxylation is 1. The van der Waals surface area contributed by atoms with E-state index in [-0.39, 0.29) is 12.0 Å². The number of aromatic nitrogens is 1. The summed E-state index contributed by atoms with van der Waals surface area (Å²) >= 11 is 0. The Morgan fingerprint density at radius 1 is 1.20 bits per heavy atom. The van der Waals surface area contributed by atoms with E-state index in [2.05, 4.69) is 10.3 Å². The number of amides is 1. The second-order valence-electron chi connectivity index (χ2n) is 4.25. The maximum absolute atomic E-state index is 13.4. The molecule has 3 nitrogen and oxygen atoms in total. The molecule has 6 heteroatoms. The van der Waals surface area contributed by atoms with Crippen molar-refractivity contribution in [2.75, 3.05) is 5.32 Å². The summed E-state index contributed by atoms with van der Waals surface area (Å²) in [7, 11) is 0. The summed E-state index contributed by atoms with van der Waals surface area (Å²) in [6, 6.07) is 5.05. The highest BCUT2D eigenvalue weighted by Gasteiger charge is 2.15. The van der Waals surface area contributed by atoms with Crippen molar-refractivity contribution in [2.24, 2.45) is 0 Å². The molecule has 0 aliphatic heterocycles. The summed E-state index contributed by atoms with van der Waals surface area (Å²) in [5.74, 6) is -4.72. The van der Waals surface area contributed by atoms with Gasteiger partial charge in [-0.05, 0) is 25.1 Å². The minimum Gasteiger partial charge on any atom is -0.326 e. The average molecular weight is 280 g/mol. The lowest BCUT2D eigenvalue weighted by atomic mass is 10.1. The van der Waals surface area contributed by atoms with Crippen LogP contribution in [0.15, 0.2) is 30.5 Å². The fourth-order valence-electron chi connectivity index (χ4n) is 1.70. The highest BCUT2D eigenvalue weighted by Crippen LogP contribution is 2.16. The number of rotatable bonds is 3. The second-order valence-corrected chi connectivity index (χ2v) is 4.25. The van der Waals surface area contributed by atoms with Crippen LogP contribution < -0.4 is 5.32 Å². The SMILES string of the molecule is Cc1cc(NC(=O)Cc2ccc(F)c(F)c2F)ccn1. The number of hydrogen-bond acceptors (Lipinski definition) is 2. The molecule has 0 saturated carbocycles. The molecule has 2 aromatic rings. The normalized spacial score (nSPS) is 10.4. The van der Waals surface area contributed by atoms with Crippen molar-refractivity contribution in [3.05, 3.63) is 59.2 Å². The zero-order chi connectivity index (χ0) is 14.7. The summed E-state index contributed by atoms with van der Waals surface area (Å²) in [4.78, 5) is 15.7. The van der Waals surface area contributed by atoms with Gasteiger partial charge in [-0.1, -0.05) is 6.07 Å². The van der Waals surface area contributed by atoms with Crippen LogP contribution in [0, 0.1) is 24.4 Å². The highest BCUT2D eigenvalue weighted by atomic mass is 19.2. The van der Waals surface area contributed by atoms with E-state index in [1.165, 1.54) is 6.20 Å². The Labute approximate surface area is 113 Å². The second kappa shape index (κ2) is 5.73. The average Bonchev–Trinajstić information content (AvgIpc) is 2.39. The number of carbonyl (C=O) groups excluding carboxylic acids is 1. The van der Waals surface area contributed by atoms with Crippen LogP contribution in [-0.4, -0.2) is 10.9 Å². The topological polar surface area (TPSA) is 42.0 Å². The van der Waals surface area contributed by atoms with Gasteiger partial charge in [-0.15, -0.1) is 0 Å². The largest absolute Gasteiger partial charge is 0.326 e. The van der Waals surface area contributed by atoms with E-state index in [9.17, 15) is 18.0 Å². The van der Waals surface area contributed by atoms with E-state index in [1.54, 1.807) is 19.1 Å². The molecule has 0 aliphatic carbocycles. The van der Waals surface area contributed by atoms with Gasteiger partial charge in [-0.25, -0.2) is 13.2 Å². The van der Waals surface area contributed by atoms with Crippen molar-refractivity contribution in [1.29, 1.82) is 0 Å². The zero-order valence-electron chi connectivity index (χ0n) is 10.6. The van der Waals surface area contributed by atoms with Crippen molar-refractivity contribution in [3.63, 3.8) is 0 Å². The summed E-state index contributed by atoms with van der Waals surface area (Å²) in [5, 5.41) is 2.53. The smallest absolute Gasteiger partial charge is 0.228 e. The minimum atomic E-state index is -1.57. The van der Waals surface area contributed by atoms with Crippen LogP contribution in [0.3, 0.4) is 0 Å². The predicted octanol–water partition coefficient (Wildman–Crippen LogP) is 2.99. The van der Waals surface area contributed by atoms with E-state index >= 15 is 0 Å². The number of nitrogens with zero attached hydrogens (tertiary/aromatic N) is 1. The van der Waals surface area contributed by atoms with Crippen molar-refractivity contribution >= 4 is 11.6 Å². The summed E-state index contributed by atoms with van der Waals surface area (Å²) in [6.07, 6.45) is 1.13. The summed E-state index contributed by atoms with van der Waals surface area (Å²) < 4.78 is 39.2. The van der Waals surface area contributed by atoms with Gasteiger partial charge in [-0.2, -0.15) is 0 Å². The summed E-state index contributed by atoms with van der Waals surface area (Å²) in [6.45, 7) is 1.75. The van der Waals surface area contributed by atoms with Crippen molar-refractivity contribution in [3.8, 4) is 0 Å². The lowest BCUT2D eigenvalue weighted by Crippen LogP contribution is -2.16. The Hall–Kier alpha value is -2.37. The third kappa shape index (κ3) is 3.14. The van der Waals surface area contributed by atoms with E-state index in [0.29, 0.717) is 11.4 Å². The van der Waals surface area contributed by atoms with Gasteiger partial charge in [0.25, 0.3) is 0 Å². The van der Waals surface area contributed by atoms with Gasteiger partial charge in [0.2, 0.25) is 5.91 Å². The van der Waals surface area contributed by atoms with Gasteiger partial charge in [-0.3, -0.25) is 9.78 Å². The van der Waals surface area contributed by atoms with Crippen LogP contribution in [-0.2, 0) is 11.2 Å². The number of pyridine rings is 1. The van der Waals surface area contributed by atoms with Gasteiger partial charge in [0.15, 0.2) is 17.5 Å². The molecule has 20 heavy (non-hydrogen) atoms. The fraction of sp³-hybridized carbons (Fsp3) is 0.143. The van der Waals surface area contributed by atoms with E-state index in [4.69, 9.17) is 0 Å². The molecule has 1 aromatic heterocycles. The molecule has 0 saturated heterocycles. The first-order valence-corrected chi connectivity index (χ1v) is 5.82. The van der Waals surface area contributed by atoms with Gasteiger partial charge >= 0.3 is 0 Å². The predicted molar refractivity (Wildman–Crippen MR) is 67.6 cm³/mol. The molecule has 0 aliphatic rings. The molecule has 104 valence electrons. The quantitative estimate of drug-likeness (QED) is 0.878. The Morgan fingerprint density at radius 3 is 2.65 bits per heavy atom. The number of benzene rings is 1. The molecule has 0 unspecified atom stereocenters. The first-order chi connectivity index (χ1) is 9.47. The highest BCUT2D eigenvalue weighted by molar-refractivity contribution is 5.92. The lowest BCUT2D eigenvalue weighted by Gasteiger charge is -2.07. The van der Waals surface area contributed by atoms with Gasteiger partial charge in [0.05, 0.1) is 6.42 Å². The third-order valence-electron chi connectivity index (χ3n) is 2.65. The summed E-state index contributed by atoms with van der Waals surface area (Å²) in [5.41, 5.74) is 1.01. The molecule has 0 bridgehead atoms. The monoisotopic (exact) mass is 280 g/mol. The molecule has 0 fully saturated rings. The first kappa shape index (κ1) is 14.0. The number of halogens is 3. The molecule has 2 rings (SSSR count). The molecule has 0 radical (unpaired) electrons.